The number of benzene rings is 1. The van der Waals surface area contributed by atoms with Crippen LogP contribution in [0.15, 0.2) is 54.9 Å². The van der Waals surface area contributed by atoms with Crippen LogP contribution in [0, 0.1) is 19.8 Å². The van der Waals surface area contributed by atoms with Crippen LogP contribution in [-0.2, 0) is 6.54 Å². The number of aryl methyl sites for hydroxylation is 2. The molecule has 1 atom stereocenters. The summed E-state index contributed by atoms with van der Waals surface area (Å²) in [5.74, 6) is 0.254. The van der Waals surface area contributed by atoms with Crippen LogP contribution >= 0.6 is 0 Å². The van der Waals surface area contributed by atoms with Crippen molar-refractivity contribution in [2.45, 2.75) is 27.3 Å². The summed E-state index contributed by atoms with van der Waals surface area (Å²) in [7, 11) is 0. The van der Waals surface area contributed by atoms with E-state index in [4.69, 9.17) is 0 Å². The van der Waals surface area contributed by atoms with E-state index in [-0.39, 0.29) is 5.91 Å². The van der Waals surface area contributed by atoms with E-state index in [1.807, 2.05) is 65.0 Å². The number of nitrogens with zero attached hydrogens (tertiary/aromatic N) is 3. The van der Waals surface area contributed by atoms with E-state index in [1.54, 1.807) is 0 Å². The first kappa shape index (κ1) is 17.0. The second kappa shape index (κ2) is 7.38. The van der Waals surface area contributed by atoms with Crippen molar-refractivity contribution < 1.29 is 4.79 Å². The molecule has 130 valence electrons. The molecule has 25 heavy (non-hydrogen) atoms. The third-order valence-electron chi connectivity index (χ3n) is 4.21. The monoisotopic (exact) mass is 336 g/mol. The van der Waals surface area contributed by atoms with Gasteiger partial charge in [-0.15, -0.1) is 0 Å². The van der Waals surface area contributed by atoms with Gasteiger partial charge in [0.25, 0.3) is 5.91 Å². The standard InChI is InChI=1S/C20H24N4O/c1-15(14-24-17(3)11-16(2)22-24)13-21-20(25)18-7-6-8-19(12-18)23-9-4-5-10-23/h4-12,15H,13-14H2,1-3H3,(H,21,25)/t15-/m0/s1. The summed E-state index contributed by atoms with van der Waals surface area (Å²) < 4.78 is 3.99. The molecule has 1 aromatic carbocycles. The maximum Gasteiger partial charge on any atom is 0.251 e. The molecule has 0 spiro atoms. The molecule has 0 saturated carbocycles. The zero-order valence-corrected chi connectivity index (χ0v) is 14.9. The fourth-order valence-corrected chi connectivity index (χ4v) is 2.90. The van der Waals surface area contributed by atoms with Gasteiger partial charge in [-0.1, -0.05) is 13.0 Å². The predicted molar refractivity (Wildman–Crippen MR) is 99.0 cm³/mol. The first-order valence-electron chi connectivity index (χ1n) is 8.55. The normalized spacial score (nSPS) is 12.1. The summed E-state index contributed by atoms with van der Waals surface area (Å²) in [5.41, 5.74) is 3.82. The number of aromatic nitrogens is 3. The van der Waals surface area contributed by atoms with Crippen molar-refractivity contribution in [1.29, 1.82) is 0 Å². The number of carbonyl (C=O) groups is 1. The van der Waals surface area contributed by atoms with E-state index in [0.717, 1.165) is 23.6 Å². The lowest BCUT2D eigenvalue weighted by atomic mass is 10.1. The van der Waals surface area contributed by atoms with Gasteiger partial charge in [-0.2, -0.15) is 5.10 Å². The summed E-state index contributed by atoms with van der Waals surface area (Å²) >= 11 is 0. The highest BCUT2D eigenvalue weighted by molar-refractivity contribution is 5.94. The van der Waals surface area contributed by atoms with Crippen molar-refractivity contribution in [3.8, 4) is 5.69 Å². The molecule has 0 aliphatic rings. The van der Waals surface area contributed by atoms with Crippen molar-refractivity contribution in [2.75, 3.05) is 6.54 Å². The van der Waals surface area contributed by atoms with Crippen LogP contribution in [0.5, 0.6) is 0 Å². The largest absolute Gasteiger partial charge is 0.352 e. The van der Waals surface area contributed by atoms with Crippen molar-refractivity contribution >= 4 is 5.91 Å². The van der Waals surface area contributed by atoms with Gasteiger partial charge < -0.3 is 9.88 Å². The minimum absolute atomic E-state index is 0.0470. The average molecular weight is 336 g/mol. The Morgan fingerprint density at radius 3 is 2.60 bits per heavy atom. The molecule has 5 heteroatoms. The Labute approximate surface area is 148 Å². The maximum absolute atomic E-state index is 12.5. The molecule has 5 nitrogen and oxygen atoms in total. The number of hydrogen-bond acceptors (Lipinski definition) is 2. The van der Waals surface area contributed by atoms with Gasteiger partial charge in [0.15, 0.2) is 0 Å². The molecule has 0 fully saturated rings. The summed E-state index contributed by atoms with van der Waals surface area (Å²) in [6.07, 6.45) is 3.93. The van der Waals surface area contributed by atoms with E-state index >= 15 is 0 Å². The SMILES string of the molecule is Cc1cc(C)n(C[C@@H](C)CNC(=O)c2cccc(-n3cccc3)c2)n1. The van der Waals surface area contributed by atoms with Crippen LogP contribution in [0.4, 0.5) is 0 Å². The lowest BCUT2D eigenvalue weighted by molar-refractivity contribution is 0.0946. The van der Waals surface area contributed by atoms with Crippen molar-refractivity contribution in [1.82, 2.24) is 19.7 Å². The molecule has 3 rings (SSSR count). The lowest BCUT2D eigenvalue weighted by Crippen LogP contribution is -2.30. The summed E-state index contributed by atoms with van der Waals surface area (Å²) in [6.45, 7) is 7.58. The zero-order chi connectivity index (χ0) is 17.8. The van der Waals surface area contributed by atoms with E-state index in [0.29, 0.717) is 18.0 Å². The molecule has 0 bridgehead atoms. The van der Waals surface area contributed by atoms with Gasteiger partial charge in [0, 0.05) is 42.4 Å². The Bertz CT molecular complexity index is 848. The third kappa shape index (κ3) is 4.18. The first-order chi connectivity index (χ1) is 12.0. The third-order valence-corrected chi connectivity index (χ3v) is 4.21. The zero-order valence-electron chi connectivity index (χ0n) is 14.9. The maximum atomic E-state index is 12.5. The topological polar surface area (TPSA) is 51.9 Å². The van der Waals surface area contributed by atoms with E-state index < -0.39 is 0 Å². The summed E-state index contributed by atoms with van der Waals surface area (Å²) in [6, 6.07) is 13.6. The Balaban J connectivity index is 1.59. The van der Waals surface area contributed by atoms with Gasteiger partial charge in [-0.25, -0.2) is 0 Å². The van der Waals surface area contributed by atoms with Crippen LogP contribution in [0.2, 0.25) is 0 Å². The number of nitrogens with one attached hydrogen (secondary N) is 1. The molecule has 2 aromatic heterocycles. The number of rotatable bonds is 6. The van der Waals surface area contributed by atoms with E-state index in [2.05, 4.69) is 30.3 Å². The highest BCUT2D eigenvalue weighted by Crippen LogP contribution is 2.11. The quantitative estimate of drug-likeness (QED) is 0.750. The fraction of sp³-hybridized carbons (Fsp3) is 0.300. The molecule has 1 N–H and O–H groups in total. The van der Waals surface area contributed by atoms with E-state index in [9.17, 15) is 4.79 Å². The molecule has 3 aromatic rings. The summed E-state index contributed by atoms with van der Waals surface area (Å²) in [5, 5.41) is 7.51. The van der Waals surface area contributed by atoms with Crippen molar-refractivity contribution in [3.63, 3.8) is 0 Å². The number of amides is 1. The minimum atomic E-state index is -0.0470. The second-order valence-corrected chi connectivity index (χ2v) is 6.57. The van der Waals surface area contributed by atoms with Crippen molar-refractivity contribution in [2.24, 2.45) is 5.92 Å². The number of hydrogen-bond donors (Lipinski definition) is 1. The van der Waals surface area contributed by atoms with Crippen LogP contribution in [0.25, 0.3) is 5.69 Å². The van der Waals surface area contributed by atoms with Crippen LogP contribution in [0.1, 0.15) is 28.7 Å². The van der Waals surface area contributed by atoms with Gasteiger partial charge in [0.1, 0.15) is 0 Å². The predicted octanol–water partition coefficient (Wildman–Crippen LogP) is 3.36. The van der Waals surface area contributed by atoms with Gasteiger partial charge in [0.2, 0.25) is 0 Å². The summed E-state index contributed by atoms with van der Waals surface area (Å²) in [4.78, 5) is 12.5. The van der Waals surface area contributed by atoms with Crippen LogP contribution in [-0.4, -0.2) is 26.8 Å². The highest BCUT2D eigenvalue weighted by atomic mass is 16.1. The Morgan fingerprint density at radius 1 is 1.16 bits per heavy atom. The fourth-order valence-electron chi connectivity index (χ4n) is 2.90. The van der Waals surface area contributed by atoms with Gasteiger partial charge in [-0.05, 0) is 56.2 Å². The average Bonchev–Trinajstić information content (AvgIpc) is 3.23. The van der Waals surface area contributed by atoms with Crippen LogP contribution in [0.3, 0.4) is 0 Å². The molecule has 0 radical (unpaired) electrons. The molecule has 0 aliphatic heterocycles. The smallest absolute Gasteiger partial charge is 0.251 e. The molecule has 0 aliphatic carbocycles. The Morgan fingerprint density at radius 2 is 1.92 bits per heavy atom. The second-order valence-electron chi connectivity index (χ2n) is 6.57. The first-order valence-corrected chi connectivity index (χ1v) is 8.55. The highest BCUT2D eigenvalue weighted by Gasteiger charge is 2.11. The molecule has 0 saturated heterocycles. The van der Waals surface area contributed by atoms with Gasteiger partial charge in [0.05, 0.1) is 5.69 Å². The Hall–Kier alpha value is -2.82. The van der Waals surface area contributed by atoms with E-state index in [1.165, 1.54) is 0 Å². The van der Waals surface area contributed by atoms with Gasteiger partial charge in [-0.3, -0.25) is 9.48 Å². The molecular weight excluding hydrogens is 312 g/mol. The molecule has 1 amide bonds. The molecule has 2 heterocycles. The molecule has 0 unspecified atom stereocenters. The number of carbonyl (C=O) groups excluding carboxylic acids is 1. The Kier molecular flexibility index (Phi) is 5.03. The van der Waals surface area contributed by atoms with Crippen LogP contribution < -0.4 is 5.32 Å². The minimum Gasteiger partial charge on any atom is -0.352 e. The lowest BCUT2D eigenvalue weighted by Gasteiger charge is -2.14. The molecular formula is C20H24N4O. The van der Waals surface area contributed by atoms with Crippen molar-refractivity contribution in [3.05, 3.63) is 71.8 Å². The van der Waals surface area contributed by atoms with Gasteiger partial charge >= 0.3 is 0 Å².